The molecule has 0 N–H and O–H groups in total. The van der Waals surface area contributed by atoms with Crippen molar-refractivity contribution in [3.8, 4) is 17.2 Å². The lowest BCUT2D eigenvalue weighted by Crippen LogP contribution is -2.00. The Labute approximate surface area is 161 Å². The molecule has 140 valence electrons. The van der Waals surface area contributed by atoms with Gasteiger partial charge in [0.2, 0.25) is 0 Å². The van der Waals surface area contributed by atoms with E-state index in [9.17, 15) is 4.79 Å². The van der Waals surface area contributed by atoms with Crippen molar-refractivity contribution in [2.24, 2.45) is 0 Å². The molecule has 0 heterocycles. The topological polar surface area (TPSA) is 35.5 Å². The highest BCUT2D eigenvalue weighted by molar-refractivity contribution is 5.97. The summed E-state index contributed by atoms with van der Waals surface area (Å²) in [6.07, 6.45) is 0. The van der Waals surface area contributed by atoms with Crippen molar-refractivity contribution in [1.82, 2.24) is 0 Å². The van der Waals surface area contributed by atoms with E-state index in [1.54, 1.807) is 14.0 Å². The van der Waals surface area contributed by atoms with Crippen molar-refractivity contribution in [3.05, 3.63) is 89.0 Å². The van der Waals surface area contributed by atoms with Crippen molar-refractivity contribution in [2.45, 2.75) is 27.7 Å². The van der Waals surface area contributed by atoms with E-state index >= 15 is 0 Å². The molecule has 0 saturated carbocycles. The highest BCUT2D eigenvalue weighted by atomic mass is 16.5. The van der Waals surface area contributed by atoms with Gasteiger partial charge in [0.1, 0.15) is 17.2 Å². The fraction of sp³-hybridized carbons (Fsp3) is 0.208. The maximum Gasteiger partial charge on any atom is 0.160 e. The molecule has 0 fully saturated rings. The van der Waals surface area contributed by atoms with Crippen LogP contribution in [0.4, 0.5) is 0 Å². The summed E-state index contributed by atoms with van der Waals surface area (Å²) >= 11 is 0. The van der Waals surface area contributed by atoms with Gasteiger partial charge >= 0.3 is 0 Å². The average Bonchev–Trinajstić information content (AvgIpc) is 2.62. The number of carbonyl (C=O) groups excluding carboxylic acids is 1. The first-order valence-electron chi connectivity index (χ1n) is 8.86. The summed E-state index contributed by atoms with van der Waals surface area (Å²) in [5, 5.41) is 0. The van der Waals surface area contributed by atoms with Gasteiger partial charge in [-0.15, -0.1) is 0 Å². The Morgan fingerprint density at radius 3 is 1.81 bits per heavy atom. The minimum atomic E-state index is 0.0768. The van der Waals surface area contributed by atoms with Gasteiger partial charge in [0.25, 0.3) is 0 Å². The van der Waals surface area contributed by atoms with Gasteiger partial charge in [-0.1, -0.05) is 42.0 Å². The van der Waals surface area contributed by atoms with Crippen LogP contribution in [-0.4, -0.2) is 12.9 Å². The lowest BCUT2D eigenvalue weighted by atomic mass is 9.99. The van der Waals surface area contributed by atoms with Crippen LogP contribution in [0.25, 0.3) is 0 Å². The van der Waals surface area contributed by atoms with Crippen LogP contribution in [0, 0.1) is 20.8 Å². The minimum absolute atomic E-state index is 0.0768. The molecule has 0 spiro atoms. The second kappa shape index (κ2) is 9.58. The standard InChI is InChI=1S/C17H18O3.C7H8/c1-11-8-16(9-12(2)17(11)13(3)18)20-15-7-5-6-14(10-15)19-4;1-7-5-3-2-4-6-7/h5-10H,1-4H3;2-6H,1H3. The molecule has 3 rings (SSSR count). The van der Waals surface area contributed by atoms with Crippen molar-refractivity contribution in [1.29, 1.82) is 0 Å². The lowest BCUT2D eigenvalue weighted by Gasteiger charge is -2.12. The number of ketones is 1. The molecule has 0 saturated heterocycles. The largest absolute Gasteiger partial charge is 0.497 e. The monoisotopic (exact) mass is 362 g/mol. The highest BCUT2D eigenvalue weighted by Gasteiger charge is 2.10. The van der Waals surface area contributed by atoms with E-state index in [4.69, 9.17) is 9.47 Å². The Balaban J connectivity index is 0.000000313. The maximum absolute atomic E-state index is 11.6. The molecule has 0 aromatic heterocycles. The van der Waals surface area contributed by atoms with Crippen molar-refractivity contribution < 1.29 is 14.3 Å². The average molecular weight is 362 g/mol. The number of hydrogen-bond acceptors (Lipinski definition) is 3. The highest BCUT2D eigenvalue weighted by Crippen LogP contribution is 2.28. The molecular weight excluding hydrogens is 336 g/mol. The molecule has 0 atom stereocenters. The fourth-order valence-electron chi connectivity index (χ4n) is 2.87. The normalized spacial score (nSPS) is 9.81. The molecule has 0 aliphatic carbocycles. The molecule has 0 unspecified atom stereocenters. The van der Waals surface area contributed by atoms with Crippen molar-refractivity contribution in [2.75, 3.05) is 7.11 Å². The molecule has 27 heavy (non-hydrogen) atoms. The van der Waals surface area contributed by atoms with E-state index in [0.717, 1.165) is 28.2 Å². The summed E-state index contributed by atoms with van der Waals surface area (Å²) in [6, 6.07) is 21.4. The summed E-state index contributed by atoms with van der Waals surface area (Å²) in [6.45, 7) is 7.50. The molecule has 0 aliphatic heterocycles. The zero-order chi connectivity index (χ0) is 19.8. The number of benzene rings is 3. The maximum atomic E-state index is 11.6. The Hall–Kier alpha value is -3.07. The molecule has 0 amide bonds. The molecule has 0 aliphatic rings. The van der Waals surface area contributed by atoms with Crippen LogP contribution in [0.3, 0.4) is 0 Å². The Bertz CT molecular complexity index is 876. The molecule has 3 heteroatoms. The molecule has 3 nitrogen and oxygen atoms in total. The molecular formula is C24H26O3. The molecule has 3 aromatic rings. The number of hydrogen-bond donors (Lipinski definition) is 0. The van der Waals surface area contributed by atoms with E-state index in [2.05, 4.69) is 19.1 Å². The Morgan fingerprint density at radius 2 is 1.33 bits per heavy atom. The van der Waals surface area contributed by atoms with Crippen molar-refractivity contribution in [3.63, 3.8) is 0 Å². The Kier molecular flexibility index (Phi) is 7.18. The van der Waals surface area contributed by atoms with Crippen LogP contribution in [0.1, 0.15) is 34.0 Å². The zero-order valence-corrected chi connectivity index (χ0v) is 16.6. The SMILES string of the molecule is COc1cccc(Oc2cc(C)c(C(C)=O)c(C)c2)c1.Cc1ccccc1. The van der Waals surface area contributed by atoms with Crippen LogP contribution in [0.5, 0.6) is 17.2 Å². The van der Waals surface area contributed by atoms with Crippen LogP contribution >= 0.6 is 0 Å². The van der Waals surface area contributed by atoms with E-state index in [0.29, 0.717) is 5.75 Å². The first kappa shape index (κ1) is 20.2. The third-order valence-electron chi connectivity index (χ3n) is 4.08. The van der Waals surface area contributed by atoms with Gasteiger partial charge < -0.3 is 9.47 Å². The third-order valence-corrected chi connectivity index (χ3v) is 4.08. The van der Waals surface area contributed by atoms with E-state index in [-0.39, 0.29) is 5.78 Å². The van der Waals surface area contributed by atoms with Gasteiger partial charge in [0, 0.05) is 11.6 Å². The van der Waals surface area contributed by atoms with Crippen LogP contribution in [0.2, 0.25) is 0 Å². The molecule has 0 radical (unpaired) electrons. The minimum Gasteiger partial charge on any atom is -0.497 e. The summed E-state index contributed by atoms with van der Waals surface area (Å²) in [5.41, 5.74) is 3.94. The van der Waals surface area contributed by atoms with Crippen LogP contribution < -0.4 is 9.47 Å². The molecule has 0 bridgehead atoms. The van der Waals surface area contributed by atoms with Gasteiger partial charge in [-0.25, -0.2) is 0 Å². The lowest BCUT2D eigenvalue weighted by molar-refractivity contribution is 0.101. The van der Waals surface area contributed by atoms with E-state index in [1.807, 2.05) is 68.4 Å². The van der Waals surface area contributed by atoms with Gasteiger partial charge in [-0.2, -0.15) is 0 Å². The predicted molar refractivity (Wildman–Crippen MR) is 110 cm³/mol. The summed E-state index contributed by atoms with van der Waals surface area (Å²) < 4.78 is 11.0. The third kappa shape index (κ3) is 6.00. The smallest absolute Gasteiger partial charge is 0.160 e. The number of aryl methyl sites for hydroxylation is 3. The Morgan fingerprint density at radius 1 is 0.741 bits per heavy atom. The van der Waals surface area contributed by atoms with Crippen LogP contribution in [0.15, 0.2) is 66.7 Å². The number of rotatable bonds is 4. The van der Waals surface area contributed by atoms with Gasteiger partial charge in [0.05, 0.1) is 7.11 Å². The van der Waals surface area contributed by atoms with E-state index < -0.39 is 0 Å². The first-order valence-corrected chi connectivity index (χ1v) is 8.86. The first-order chi connectivity index (χ1) is 12.9. The number of carbonyl (C=O) groups is 1. The van der Waals surface area contributed by atoms with Gasteiger partial charge in [-0.05, 0) is 63.1 Å². The summed E-state index contributed by atoms with van der Waals surface area (Å²) in [4.78, 5) is 11.6. The number of ether oxygens (including phenoxy) is 2. The number of methoxy groups -OCH3 is 1. The summed E-state index contributed by atoms with van der Waals surface area (Å²) in [7, 11) is 1.62. The van der Waals surface area contributed by atoms with Crippen molar-refractivity contribution >= 4 is 5.78 Å². The van der Waals surface area contributed by atoms with E-state index in [1.165, 1.54) is 5.56 Å². The second-order valence-electron chi connectivity index (χ2n) is 6.42. The number of Topliss-reactive ketones (excluding diaryl/α,β-unsaturated/α-hetero) is 1. The van der Waals surface area contributed by atoms with Gasteiger partial charge in [0.15, 0.2) is 5.78 Å². The van der Waals surface area contributed by atoms with Gasteiger partial charge in [-0.3, -0.25) is 4.79 Å². The molecule has 3 aromatic carbocycles. The van der Waals surface area contributed by atoms with Crippen LogP contribution in [-0.2, 0) is 0 Å². The predicted octanol–water partition coefficient (Wildman–Crippen LogP) is 6.30. The zero-order valence-electron chi connectivity index (χ0n) is 16.6. The fourth-order valence-corrected chi connectivity index (χ4v) is 2.87. The quantitative estimate of drug-likeness (QED) is 0.511. The second-order valence-corrected chi connectivity index (χ2v) is 6.42. The summed E-state index contributed by atoms with van der Waals surface area (Å²) in [5.74, 6) is 2.25.